The summed E-state index contributed by atoms with van der Waals surface area (Å²) < 4.78 is 5.58. The maximum Gasteiger partial charge on any atom is 0.339 e. The van der Waals surface area contributed by atoms with Crippen molar-refractivity contribution in [3.63, 3.8) is 0 Å². The van der Waals surface area contributed by atoms with E-state index < -0.39 is 23.8 Å². The maximum atomic E-state index is 11.8. The Morgan fingerprint density at radius 2 is 1.67 bits per heavy atom. The molecule has 2 aromatic rings. The fourth-order valence-corrected chi connectivity index (χ4v) is 2.44. The number of amides is 4. The number of urea groups is 1. The van der Waals surface area contributed by atoms with Crippen LogP contribution in [-0.4, -0.2) is 28.9 Å². The zero-order valence-corrected chi connectivity index (χ0v) is 13.9. The van der Waals surface area contributed by atoms with Crippen LogP contribution in [0.15, 0.2) is 54.1 Å². The van der Waals surface area contributed by atoms with Gasteiger partial charge in [-0.25, -0.2) is 9.59 Å². The Balaban J connectivity index is 1.86. The molecule has 0 radical (unpaired) electrons. The third-order valence-corrected chi connectivity index (χ3v) is 3.73. The Bertz CT molecular complexity index is 943. The number of carboxylic acid groups (broad SMARTS) is 1. The van der Waals surface area contributed by atoms with E-state index in [0.717, 1.165) is 5.56 Å². The highest BCUT2D eigenvalue weighted by Crippen LogP contribution is 2.23. The largest absolute Gasteiger partial charge is 0.488 e. The number of imide groups is 2. The second-order valence-corrected chi connectivity index (χ2v) is 5.63. The van der Waals surface area contributed by atoms with Gasteiger partial charge in [-0.2, -0.15) is 0 Å². The van der Waals surface area contributed by atoms with Crippen LogP contribution in [0.5, 0.6) is 5.75 Å². The Hall–Kier alpha value is -3.94. The molecular formula is C19H14N2O6. The Morgan fingerprint density at radius 1 is 1.00 bits per heavy atom. The number of hydrogen-bond donors (Lipinski definition) is 3. The molecular weight excluding hydrogens is 352 g/mol. The molecule has 8 nitrogen and oxygen atoms in total. The van der Waals surface area contributed by atoms with Gasteiger partial charge in [0.25, 0.3) is 11.8 Å². The summed E-state index contributed by atoms with van der Waals surface area (Å²) in [4.78, 5) is 46.1. The van der Waals surface area contributed by atoms with Crippen LogP contribution in [0, 0.1) is 0 Å². The van der Waals surface area contributed by atoms with Gasteiger partial charge >= 0.3 is 12.0 Å². The molecule has 0 unspecified atom stereocenters. The van der Waals surface area contributed by atoms with E-state index in [0.29, 0.717) is 5.56 Å². The monoisotopic (exact) mass is 366 g/mol. The van der Waals surface area contributed by atoms with Crippen LogP contribution in [0.3, 0.4) is 0 Å². The summed E-state index contributed by atoms with van der Waals surface area (Å²) >= 11 is 0. The summed E-state index contributed by atoms with van der Waals surface area (Å²) in [6, 6.07) is 12.6. The van der Waals surface area contributed by atoms with Gasteiger partial charge < -0.3 is 9.84 Å². The summed E-state index contributed by atoms with van der Waals surface area (Å²) in [5.74, 6) is -2.78. The minimum atomic E-state index is -1.22. The minimum absolute atomic E-state index is 0.118. The number of carbonyl (C=O) groups is 4. The first-order valence-electron chi connectivity index (χ1n) is 7.86. The molecule has 1 fully saturated rings. The van der Waals surface area contributed by atoms with E-state index in [1.165, 1.54) is 24.3 Å². The first-order valence-corrected chi connectivity index (χ1v) is 7.86. The maximum absolute atomic E-state index is 11.8. The molecule has 136 valence electrons. The van der Waals surface area contributed by atoms with E-state index in [2.05, 4.69) is 0 Å². The molecule has 27 heavy (non-hydrogen) atoms. The molecule has 8 heteroatoms. The number of ether oxygens (including phenoxy) is 1. The van der Waals surface area contributed by atoms with Gasteiger partial charge in [0.15, 0.2) is 0 Å². The van der Waals surface area contributed by atoms with Crippen LogP contribution in [0.4, 0.5) is 4.79 Å². The summed E-state index contributed by atoms with van der Waals surface area (Å²) in [6.07, 6.45) is 1.20. The van der Waals surface area contributed by atoms with E-state index in [1.807, 2.05) is 41.0 Å². The molecule has 0 saturated carbocycles. The third kappa shape index (κ3) is 4.18. The molecule has 0 aromatic heterocycles. The van der Waals surface area contributed by atoms with Crippen LogP contribution in [0.1, 0.15) is 21.5 Å². The lowest BCUT2D eigenvalue weighted by Gasteiger charge is -2.14. The van der Waals surface area contributed by atoms with Crippen molar-refractivity contribution in [2.24, 2.45) is 0 Å². The normalized spacial score (nSPS) is 13.6. The van der Waals surface area contributed by atoms with E-state index in [-0.39, 0.29) is 23.5 Å². The molecule has 1 heterocycles. The summed E-state index contributed by atoms with van der Waals surface area (Å²) in [6.45, 7) is 0.189. The van der Waals surface area contributed by atoms with E-state index in [1.54, 1.807) is 0 Å². The summed E-state index contributed by atoms with van der Waals surface area (Å²) in [5.41, 5.74) is 0.756. The van der Waals surface area contributed by atoms with Crippen LogP contribution < -0.4 is 15.4 Å². The van der Waals surface area contributed by atoms with Crippen molar-refractivity contribution in [2.45, 2.75) is 6.61 Å². The fourth-order valence-electron chi connectivity index (χ4n) is 2.44. The number of hydrogen-bond acceptors (Lipinski definition) is 5. The zero-order chi connectivity index (χ0) is 19.4. The lowest BCUT2D eigenvalue weighted by molar-refractivity contribution is -0.123. The third-order valence-electron chi connectivity index (χ3n) is 3.73. The number of aromatic carboxylic acids is 1. The second kappa shape index (κ2) is 7.52. The van der Waals surface area contributed by atoms with E-state index in [9.17, 15) is 24.3 Å². The number of carboxylic acids is 1. The van der Waals surface area contributed by atoms with Crippen LogP contribution >= 0.6 is 0 Å². The van der Waals surface area contributed by atoms with Gasteiger partial charge in [0.05, 0.1) is 0 Å². The Morgan fingerprint density at radius 3 is 2.30 bits per heavy atom. The van der Waals surface area contributed by atoms with Gasteiger partial charge in [-0.15, -0.1) is 0 Å². The van der Waals surface area contributed by atoms with Crippen molar-refractivity contribution in [1.82, 2.24) is 10.6 Å². The number of nitrogens with one attached hydrogen (secondary N) is 2. The van der Waals surface area contributed by atoms with Gasteiger partial charge in [0, 0.05) is 0 Å². The molecule has 2 aromatic carbocycles. The SMILES string of the molecule is O=C1NC(=O)C(=Cc2ccc(OCc3ccccc3)c(C(=O)O)c2)C(=O)N1. The molecule has 0 bridgehead atoms. The average Bonchev–Trinajstić information content (AvgIpc) is 2.64. The van der Waals surface area contributed by atoms with E-state index in [4.69, 9.17) is 4.74 Å². The molecule has 4 amide bonds. The highest BCUT2D eigenvalue weighted by molar-refractivity contribution is 6.31. The van der Waals surface area contributed by atoms with Crippen molar-refractivity contribution in [3.8, 4) is 5.75 Å². The number of benzene rings is 2. The fraction of sp³-hybridized carbons (Fsp3) is 0.0526. The predicted octanol–water partition coefficient (Wildman–Crippen LogP) is 1.71. The standard InChI is InChI=1S/C19H14N2O6/c22-16-14(17(23)21-19(26)20-16)9-12-6-7-15(13(8-12)18(24)25)27-10-11-4-2-1-3-5-11/h1-9H,10H2,(H,24,25)(H2,20,21,22,23,26). The quantitative estimate of drug-likeness (QED) is 0.547. The van der Waals surface area contributed by atoms with Gasteiger partial charge in [0.2, 0.25) is 0 Å². The van der Waals surface area contributed by atoms with Gasteiger partial charge in [-0.1, -0.05) is 36.4 Å². The lowest BCUT2D eigenvalue weighted by Crippen LogP contribution is -2.51. The number of barbiturate groups is 1. The van der Waals surface area contributed by atoms with Gasteiger partial charge in [0.1, 0.15) is 23.5 Å². The van der Waals surface area contributed by atoms with E-state index >= 15 is 0 Å². The molecule has 3 rings (SSSR count). The zero-order valence-electron chi connectivity index (χ0n) is 13.9. The molecule has 1 aliphatic heterocycles. The molecule has 1 aliphatic rings. The van der Waals surface area contributed by atoms with Crippen LogP contribution in [0.2, 0.25) is 0 Å². The molecule has 0 spiro atoms. The van der Waals surface area contributed by atoms with Crippen molar-refractivity contribution in [3.05, 3.63) is 70.8 Å². The van der Waals surface area contributed by atoms with Crippen LogP contribution in [0.25, 0.3) is 6.08 Å². The number of carbonyl (C=O) groups excluding carboxylic acids is 3. The topological polar surface area (TPSA) is 122 Å². The van der Waals surface area contributed by atoms with Crippen molar-refractivity contribution in [2.75, 3.05) is 0 Å². The first-order chi connectivity index (χ1) is 12.9. The predicted molar refractivity (Wildman–Crippen MR) is 93.8 cm³/mol. The molecule has 0 atom stereocenters. The lowest BCUT2D eigenvalue weighted by atomic mass is 10.0. The van der Waals surface area contributed by atoms with Crippen molar-refractivity contribution < 1.29 is 29.0 Å². The molecule has 1 saturated heterocycles. The van der Waals surface area contributed by atoms with Crippen molar-refractivity contribution in [1.29, 1.82) is 0 Å². The van der Waals surface area contributed by atoms with Gasteiger partial charge in [-0.3, -0.25) is 20.2 Å². The highest BCUT2D eigenvalue weighted by atomic mass is 16.5. The second-order valence-electron chi connectivity index (χ2n) is 5.63. The molecule has 3 N–H and O–H groups in total. The minimum Gasteiger partial charge on any atom is -0.488 e. The first kappa shape index (κ1) is 17.9. The smallest absolute Gasteiger partial charge is 0.339 e. The van der Waals surface area contributed by atoms with Crippen molar-refractivity contribution >= 4 is 29.9 Å². The average molecular weight is 366 g/mol. The summed E-state index contributed by atoms with van der Waals surface area (Å²) in [5, 5.41) is 13.3. The van der Waals surface area contributed by atoms with Crippen LogP contribution in [-0.2, 0) is 16.2 Å². The number of rotatable bonds is 5. The Labute approximate surface area is 153 Å². The Kier molecular flexibility index (Phi) is 4.98. The highest BCUT2D eigenvalue weighted by Gasteiger charge is 2.27. The molecule has 0 aliphatic carbocycles. The summed E-state index contributed by atoms with van der Waals surface area (Å²) in [7, 11) is 0. The van der Waals surface area contributed by atoms with Gasteiger partial charge in [-0.05, 0) is 29.3 Å².